The third-order valence-electron chi connectivity index (χ3n) is 4.03. The first-order chi connectivity index (χ1) is 9.11. The van der Waals surface area contributed by atoms with Gasteiger partial charge >= 0.3 is 0 Å². The minimum absolute atomic E-state index is 0.0563. The largest absolute Gasteiger partial charge is 0.361 e. The van der Waals surface area contributed by atoms with E-state index in [1.807, 2.05) is 13.8 Å². The van der Waals surface area contributed by atoms with Gasteiger partial charge in [-0.1, -0.05) is 18.5 Å². The van der Waals surface area contributed by atoms with Crippen LogP contribution >= 0.6 is 0 Å². The molecule has 0 spiro atoms. The van der Waals surface area contributed by atoms with Gasteiger partial charge in [0, 0.05) is 12.1 Å². The Morgan fingerprint density at radius 1 is 1.53 bits per heavy atom. The van der Waals surface area contributed by atoms with Gasteiger partial charge in [0.25, 0.3) is 0 Å². The lowest BCUT2D eigenvalue weighted by Gasteiger charge is -2.28. The molecular formula is C14H23N3O2. The molecular weight excluding hydrogens is 242 g/mol. The molecule has 1 aliphatic heterocycles. The van der Waals surface area contributed by atoms with Crippen molar-refractivity contribution in [1.29, 1.82) is 0 Å². The normalized spacial score (nSPS) is 23.3. The number of aromatic nitrogens is 1. The molecule has 2 atom stereocenters. The van der Waals surface area contributed by atoms with Gasteiger partial charge in [0.05, 0.1) is 11.7 Å². The molecule has 2 heterocycles. The summed E-state index contributed by atoms with van der Waals surface area (Å²) < 4.78 is 5.09. The topological polar surface area (TPSA) is 67.2 Å². The number of nitrogens with zero attached hydrogens (tertiary/aromatic N) is 1. The zero-order chi connectivity index (χ0) is 13.8. The van der Waals surface area contributed by atoms with Crippen LogP contribution in [0.2, 0.25) is 0 Å². The number of amides is 1. The monoisotopic (exact) mass is 265 g/mol. The quantitative estimate of drug-likeness (QED) is 0.869. The molecule has 5 heteroatoms. The van der Waals surface area contributed by atoms with Gasteiger partial charge in [0.15, 0.2) is 0 Å². The van der Waals surface area contributed by atoms with Crippen LogP contribution in [0, 0.1) is 19.8 Å². The first-order valence-electron chi connectivity index (χ1n) is 7.04. The highest BCUT2D eigenvalue weighted by Crippen LogP contribution is 2.19. The Hall–Kier alpha value is -1.36. The zero-order valence-electron chi connectivity index (χ0n) is 12.0. The molecule has 0 aromatic carbocycles. The number of aryl methyl sites for hydroxylation is 2. The molecule has 0 radical (unpaired) electrons. The van der Waals surface area contributed by atoms with Crippen LogP contribution in [-0.2, 0) is 11.3 Å². The van der Waals surface area contributed by atoms with Crippen LogP contribution in [0.5, 0.6) is 0 Å². The van der Waals surface area contributed by atoms with Crippen LogP contribution in [0.15, 0.2) is 4.52 Å². The molecule has 2 rings (SSSR count). The summed E-state index contributed by atoms with van der Waals surface area (Å²) in [5.74, 6) is 1.52. The fourth-order valence-corrected chi connectivity index (χ4v) is 2.62. The first kappa shape index (κ1) is 14.1. The van der Waals surface area contributed by atoms with E-state index in [1.54, 1.807) is 0 Å². The second kappa shape index (κ2) is 6.19. The number of nitrogens with one attached hydrogen (secondary N) is 2. The maximum Gasteiger partial charge on any atom is 0.237 e. The van der Waals surface area contributed by atoms with Gasteiger partial charge in [-0.25, -0.2) is 0 Å². The maximum atomic E-state index is 12.2. The van der Waals surface area contributed by atoms with Crippen molar-refractivity contribution in [3.63, 3.8) is 0 Å². The molecule has 0 bridgehead atoms. The number of rotatable bonds is 4. The molecule has 19 heavy (non-hydrogen) atoms. The molecule has 1 fully saturated rings. The zero-order valence-corrected chi connectivity index (χ0v) is 12.0. The van der Waals surface area contributed by atoms with Gasteiger partial charge in [-0.05, 0) is 39.2 Å². The van der Waals surface area contributed by atoms with Crippen molar-refractivity contribution >= 4 is 5.91 Å². The predicted molar refractivity (Wildman–Crippen MR) is 72.6 cm³/mol. The number of hydrogen-bond acceptors (Lipinski definition) is 4. The highest BCUT2D eigenvalue weighted by molar-refractivity contribution is 5.81. The van der Waals surface area contributed by atoms with E-state index in [2.05, 4.69) is 22.7 Å². The molecule has 2 unspecified atom stereocenters. The smallest absolute Gasteiger partial charge is 0.237 e. The van der Waals surface area contributed by atoms with Gasteiger partial charge in [0.2, 0.25) is 5.91 Å². The summed E-state index contributed by atoms with van der Waals surface area (Å²) in [5.41, 5.74) is 1.83. The van der Waals surface area contributed by atoms with E-state index in [0.717, 1.165) is 36.4 Å². The Labute approximate surface area is 114 Å². The molecule has 1 aromatic rings. The van der Waals surface area contributed by atoms with Gasteiger partial charge in [-0.2, -0.15) is 0 Å². The van der Waals surface area contributed by atoms with Crippen molar-refractivity contribution in [2.24, 2.45) is 5.92 Å². The van der Waals surface area contributed by atoms with Crippen molar-refractivity contribution in [3.05, 3.63) is 17.0 Å². The molecule has 0 saturated carbocycles. The van der Waals surface area contributed by atoms with E-state index in [4.69, 9.17) is 4.52 Å². The van der Waals surface area contributed by atoms with Crippen LogP contribution in [-0.4, -0.2) is 23.7 Å². The average Bonchev–Trinajstić information content (AvgIpc) is 2.75. The highest BCUT2D eigenvalue weighted by atomic mass is 16.5. The lowest BCUT2D eigenvalue weighted by molar-refractivity contribution is -0.124. The summed E-state index contributed by atoms with van der Waals surface area (Å²) in [4.78, 5) is 12.2. The second-order valence-electron chi connectivity index (χ2n) is 5.33. The van der Waals surface area contributed by atoms with Crippen molar-refractivity contribution in [2.75, 3.05) is 6.54 Å². The number of carbonyl (C=O) groups is 1. The molecule has 1 saturated heterocycles. The Morgan fingerprint density at radius 2 is 2.32 bits per heavy atom. The van der Waals surface area contributed by atoms with Crippen molar-refractivity contribution in [1.82, 2.24) is 15.8 Å². The van der Waals surface area contributed by atoms with E-state index >= 15 is 0 Å². The van der Waals surface area contributed by atoms with Gasteiger partial charge in [-0.15, -0.1) is 0 Å². The average molecular weight is 265 g/mol. The molecule has 5 nitrogen and oxygen atoms in total. The summed E-state index contributed by atoms with van der Waals surface area (Å²) in [6, 6.07) is -0.0563. The van der Waals surface area contributed by atoms with E-state index in [1.165, 1.54) is 6.42 Å². The van der Waals surface area contributed by atoms with E-state index in [0.29, 0.717) is 12.5 Å². The van der Waals surface area contributed by atoms with Crippen LogP contribution in [0.4, 0.5) is 0 Å². The standard InChI is InChI=1S/C14H23N3O2/c1-4-11-5-6-15-13(7-11)14(18)16-8-12-9(2)17-19-10(12)3/h11,13,15H,4-8H2,1-3H3,(H,16,18). The summed E-state index contributed by atoms with van der Waals surface area (Å²) in [6.07, 6.45) is 3.25. The summed E-state index contributed by atoms with van der Waals surface area (Å²) in [7, 11) is 0. The molecule has 1 amide bonds. The van der Waals surface area contributed by atoms with E-state index < -0.39 is 0 Å². The third-order valence-corrected chi connectivity index (χ3v) is 4.03. The minimum atomic E-state index is -0.0563. The van der Waals surface area contributed by atoms with E-state index in [-0.39, 0.29) is 11.9 Å². The Morgan fingerprint density at radius 3 is 2.95 bits per heavy atom. The molecule has 1 aromatic heterocycles. The fourth-order valence-electron chi connectivity index (χ4n) is 2.62. The molecule has 106 valence electrons. The van der Waals surface area contributed by atoms with Crippen LogP contribution in [0.3, 0.4) is 0 Å². The Bertz CT molecular complexity index is 422. The van der Waals surface area contributed by atoms with E-state index in [9.17, 15) is 4.79 Å². The molecule has 1 aliphatic rings. The maximum absolute atomic E-state index is 12.2. The number of carbonyl (C=O) groups excluding carboxylic acids is 1. The molecule has 2 N–H and O–H groups in total. The number of piperidine rings is 1. The first-order valence-corrected chi connectivity index (χ1v) is 7.04. The lowest BCUT2D eigenvalue weighted by atomic mass is 9.90. The number of hydrogen-bond donors (Lipinski definition) is 2. The van der Waals surface area contributed by atoms with Crippen LogP contribution < -0.4 is 10.6 Å². The van der Waals surface area contributed by atoms with Crippen LogP contribution in [0.25, 0.3) is 0 Å². The second-order valence-corrected chi connectivity index (χ2v) is 5.33. The van der Waals surface area contributed by atoms with Gasteiger partial charge in [-0.3, -0.25) is 4.79 Å². The third kappa shape index (κ3) is 3.35. The Balaban J connectivity index is 1.87. The van der Waals surface area contributed by atoms with Crippen molar-refractivity contribution in [3.8, 4) is 0 Å². The van der Waals surface area contributed by atoms with Gasteiger partial charge in [0.1, 0.15) is 5.76 Å². The van der Waals surface area contributed by atoms with Crippen molar-refractivity contribution < 1.29 is 9.32 Å². The highest BCUT2D eigenvalue weighted by Gasteiger charge is 2.25. The fraction of sp³-hybridized carbons (Fsp3) is 0.714. The lowest BCUT2D eigenvalue weighted by Crippen LogP contribution is -2.48. The summed E-state index contributed by atoms with van der Waals surface area (Å²) >= 11 is 0. The molecule has 0 aliphatic carbocycles. The summed E-state index contributed by atoms with van der Waals surface area (Å²) in [6.45, 7) is 7.38. The van der Waals surface area contributed by atoms with Crippen molar-refractivity contribution in [2.45, 2.75) is 52.6 Å². The summed E-state index contributed by atoms with van der Waals surface area (Å²) in [5, 5.41) is 10.2. The van der Waals surface area contributed by atoms with Gasteiger partial charge < -0.3 is 15.2 Å². The Kier molecular flexibility index (Phi) is 4.58. The minimum Gasteiger partial charge on any atom is -0.361 e. The van der Waals surface area contributed by atoms with Crippen LogP contribution in [0.1, 0.15) is 43.2 Å². The SMILES string of the molecule is CCC1CCNC(C(=O)NCc2c(C)noc2C)C1. The predicted octanol–water partition coefficient (Wildman–Crippen LogP) is 1.69.